The topological polar surface area (TPSA) is 43.7 Å². The van der Waals surface area contributed by atoms with E-state index in [1.54, 1.807) is 7.11 Å². The highest BCUT2D eigenvalue weighted by Crippen LogP contribution is 2.38. The van der Waals surface area contributed by atoms with Crippen molar-refractivity contribution in [2.45, 2.75) is 13.5 Å². The number of benzene rings is 3. The summed E-state index contributed by atoms with van der Waals surface area (Å²) in [7, 11) is 1.64. The standard InChI is InChI=1S/C28H26N2O3/c1-3-30-25-13-7-5-11-22(25)23(28(30)31)18-20-19-29(24-12-6-4-10-21(20)24)16-17-33-27-15-9-8-14-26(27)32-2/h4-15,18-19H,3,16-17H2,1-2H3/b23-18+. The number of hydrogen-bond donors (Lipinski definition) is 0. The second kappa shape index (κ2) is 8.87. The molecule has 0 unspecified atom stereocenters. The van der Waals surface area contributed by atoms with Gasteiger partial charge in [0.15, 0.2) is 11.5 Å². The van der Waals surface area contributed by atoms with Crippen molar-refractivity contribution in [3.05, 3.63) is 90.1 Å². The number of carbonyl (C=O) groups excluding carboxylic acids is 1. The molecule has 0 aliphatic carbocycles. The summed E-state index contributed by atoms with van der Waals surface area (Å²) < 4.78 is 13.6. The minimum atomic E-state index is 0.0510. The Morgan fingerprint density at radius 3 is 2.45 bits per heavy atom. The normalized spacial score (nSPS) is 14.2. The van der Waals surface area contributed by atoms with Crippen LogP contribution in [0.4, 0.5) is 5.69 Å². The Morgan fingerprint density at radius 1 is 0.909 bits per heavy atom. The molecule has 0 fully saturated rings. The van der Waals surface area contributed by atoms with Crippen molar-refractivity contribution in [3.63, 3.8) is 0 Å². The molecule has 33 heavy (non-hydrogen) atoms. The number of aromatic nitrogens is 1. The monoisotopic (exact) mass is 438 g/mol. The molecule has 5 heteroatoms. The van der Waals surface area contributed by atoms with Crippen LogP contribution in [0.25, 0.3) is 22.6 Å². The van der Waals surface area contributed by atoms with E-state index >= 15 is 0 Å². The van der Waals surface area contributed by atoms with Crippen LogP contribution in [0, 0.1) is 0 Å². The zero-order chi connectivity index (χ0) is 22.8. The lowest BCUT2D eigenvalue weighted by atomic mass is 10.0. The van der Waals surface area contributed by atoms with Crippen molar-refractivity contribution in [1.29, 1.82) is 0 Å². The number of carbonyl (C=O) groups is 1. The molecular formula is C28H26N2O3. The van der Waals surface area contributed by atoms with Crippen molar-refractivity contribution < 1.29 is 14.3 Å². The van der Waals surface area contributed by atoms with Gasteiger partial charge in [-0.3, -0.25) is 4.79 Å². The lowest BCUT2D eigenvalue weighted by Gasteiger charge is -2.13. The number of anilines is 1. The van der Waals surface area contributed by atoms with E-state index in [-0.39, 0.29) is 5.91 Å². The van der Waals surface area contributed by atoms with Crippen LogP contribution < -0.4 is 14.4 Å². The van der Waals surface area contributed by atoms with Crippen LogP contribution in [-0.2, 0) is 11.3 Å². The summed E-state index contributed by atoms with van der Waals surface area (Å²) in [5, 5.41) is 1.11. The predicted octanol–water partition coefficient (Wildman–Crippen LogP) is 5.64. The number of para-hydroxylation sites is 4. The van der Waals surface area contributed by atoms with Crippen LogP contribution in [0.2, 0.25) is 0 Å². The van der Waals surface area contributed by atoms with E-state index in [2.05, 4.69) is 22.9 Å². The van der Waals surface area contributed by atoms with Gasteiger partial charge in [0, 0.05) is 40.3 Å². The van der Waals surface area contributed by atoms with Crippen LogP contribution >= 0.6 is 0 Å². The SMILES string of the molecule is CCN1C(=O)/C(=C/c2cn(CCOc3ccccc3OC)c3ccccc23)c2ccccc21. The summed E-state index contributed by atoms with van der Waals surface area (Å²) in [4.78, 5) is 15.0. The molecule has 1 aliphatic rings. The van der Waals surface area contributed by atoms with Gasteiger partial charge in [-0.15, -0.1) is 0 Å². The lowest BCUT2D eigenvalue weighted by Crippen LogP contribution is -2.25. The minimum absolute atomic E-state index is 0.0510. The fourth-order valence-corrected chi connectivity index (χ4v) is 4.48. The smallest absolute Gasteiger partial charge is 0.258 e. The van der Waals surface area contributed by atoms with E-state index in [4.69, 9.17) is 9.47 Å². The van der Waals surface area contributed by atoms with E-state index in [0.29, 0.717) is 19.7 Å². The summed E-state index contributed by atoms with van der Waals surface area (Å²) in [6.07, 6.45) is 4.13. The van der Waals surface area contributed by atoms with Crippen LogP contribution in [0.5, 0.6) is 11.5 Å². The first-order valence-electron chi connectivity index (χ1n) is 11.2. The number of rotatable bonds is 7. The molecule has 1 amide bonds. The van der Waals surface area contributed by atoms with Gasteiger partial charge in [-0.2, -0.15) is 0 Å². The van der Waals surface area contributed by atoms with Crippen molar-refractivity contribution >= 4 is 34.1 Å². The van der Waals surface area contributed by atoms with Crippen LogP contribution in [0.1, 0.15) is 18.1 Å². The largest absolute Gasteiger partial charge is 0.493 e. The van der Waals surface area contributed by atoms with Crippen molar-refractivity contribution in [2.75, 3.05) is 25.2 Å². The number of hydrogen-bond acceptors (Lipinski definition) is 3. The van der Waals surface area contributed by atoms with Crippen molar-refractivity contribution in [3.8, 4) is 11.5 Å². The highest BCUT2D eigenvalue weighted by atomic mass is 16.5. The summed E-state index contributed by atoms with van der Waals surface area (Å²) in [5.74, 6) is 1.50. The van der Waals surface area contributed by atoms with Crippen LogP contribution in [0.15, 0.2) is 79.0 Å². The van der Waals surface area contributed by atoms with Gasteiger partial charge in [0.25, 0.3) is 5.91 Å². The highest BCUT2D eigenvalue weighted by molar-refractivity contribution is 6.36. The third-order valence-corrected chi connectivity index (χ3v) is 6.05. The Labute approximate surface area is 193 Å². The van der Waals surface area contributed by atoms with E-state index in [9.17, 15) is 4.79 Å². The van der Waals surface area contributed by atoms with E-state index < -0.39 is 0 Å². The molecule has 0 atom stereocenters. The number of methoxy groups -OCH3 is 1. The van der Waals surface area contributed by atoms with Gasteiger partial charge < -0.3 is 18.9 Å². The summed E-state index contributed by atoms with van der Waals surface area (Å²) in [6, 6.07) is 23.9. The van der Waals surface area contributed by atoms with E-state index in [1.807, 2.05) is 78.6 Å². The second-order valence-electron chi connectivity index (χ2n) is 7.92. The average molecular weight is 439 g/mol. The number of amides is 1. The van der Waals surface area contributed by atoms with Crippen LogP contribution in [-0.4, -0.2) is 30.7 Å². The summed E-state index contributed by atoms with van der Waals surface area (Å²) in [6.45, 7) is 3.83. The number of nitrogens with zero attached hydrogens (tertiary/aromatic N) is 2. The number of ether oxygens (including phenoxy) is 2. The molecular weight excluding hydrogens is 412 g/mol. The predicted molar refractivity (Wildman–Crippen MR) is 133 cm³/mol. The Hall–Kier alpha value is -3.99. The van der Waals surface area contributed by atoms with Gasteiger partial charge in [-0.25, -0.2) is 0 Å². The number of fused-ring (bicyclic) bond motifs is 2. The average Bonchev–Trinajstić information content (AvgIpc) is 3.34. The minimum Gasteiger partial charge on any atom is -0.493 e. The maximum absolute atomic E-state index is 13.1. The molecule has 0 spiro atoms. The molecule has 1 aromatic heterocycles. The first kappa shape index (κ1) is 20.9. The molecule has 166 valence electrons. The second-order valence-corrected chi connectivity index (χ2v) is 7.92. The highest BCUT2D eigenvalue weighted by Gasteiger charge is 2.31. The van der Waals surface area contributed by atoms with Crippen molar-refractivity contribution in [2.24, 2.45) is 0 Å². The van der Waals surface area contributed by atoms with Gasteiger partial charge in [0.1, 0.15) is 6.61 Å². The molecule has 5 rings (SSSR count). The summed E-state index contributed by atoms with van der Waals surface area (Å²) >= 11 is 0. The molecule has 0 N–H and O–H groups in total. The van der Waals surface area contributed by atoms with E-state index in [1.165, 1.54) is 0 Å². The Bertz CT molecular complexity index is 1350. The van der Waals surface area contributed by atoms with Gasteiger partial charge in [-0.1, -0.05) is 48.5 Å². The maximum Gasteiger partial charge on any atom is 0.258 e. The first-order valence-corrected chi connectivity index (χ1v) is 11.2. The molecule has 4 aromatic rings. The third-order valence-electron chi connectivity index (χ3n) is 6.05. The lowest BCUT2D eigenvalue weighted by molar-refractivity contribution is -0.112. The molecule has 2 heterocycles. The van der Waals surface area contributed by atoms with Gasteiger partial charge in [-0.05, 0) is 37.3 Å². The van der Waals surface area contributed by atoms with Gasteiger partial charge >= 0.3 is 0 Å². The fraction of sp³-hybridized carbons (Fsp3) is 0.179. The maximum atomic E-state index is 13.1. The molecule has 0 saturated carbocycles. The molecule has 5 nitrogen and oxygen atoms in total. The van der Waals surface area contributed by atoms with Crippen molar-refractivity contribution in [1.82, 2.24) is 4.57 Å². The zero-order valence-corrected chi connectivity index (χ0v) is 18.8. The van der Waals surface area contributed by atoms with Gasteiger partial charge in [0.05, 0.1) is 19.3 Å². The Kier molecular flexibility index (Phi) is 5.61. The van der Waals surface area contributed by atoms with E-state index in [0.717, 1.165) is 44.8 Å². The number of likely N-dealkylation sites (N-methyl/N-ethyl adjacent to an activating group) is 1. The molecule has 3 aromatic carbocycles. The Balaban J connectivity index is 1.47. The van der Waals surface area contributed by atoms with Gasteiger partial charge in [0.2, 0.25) is 0 Å². The third kappa shape index (κ3) is 3.76. The first-order chi connectivity index (χ1) is 16.2. The molecule has 0 radical (unpaired) electrons. The summed E-state index contributed by atoms with van der Waals surface area (Å²) in [5.41, 5.74) is 4.84. The van der Waals surface area contributed by atoms with Crippen LogP contribution in [0.3, 0.4) is 0 Å². The zero-order valence-electron chi connectivity index (χ0n) is 18.8. The molecule has 0 bridgehead atoms. The molecule has 0 saturated heterocycles. The quantitative estimate of drug-likeness (QED) is 0.351. The fourth-order valence-electron chi connectivity index (χ4n) is 4.48. The molecule has 1 aliphatic heterocycles. The Morgan fingerprint density at radius 2 is 1.64 bits per heavy atom.